The Kier molecular flexibility index (Phi) is 78.3. The molecule has 0 bridgehead atoms. The Labute approximate surface area is 129 Å². The van der Waals surface area contributed by atoms with Crippen LogP contribution >= 0.6 is 0 Å². The molecule has 3 N–H and O–H groups in total. The summed E-state index contributed by atoms with van der Waals surface area (Å²) >= 11 is 2.31. The summed E-state index contributed by atoms with van der Waals surface area (Å²) in [6.45, 7) is 20.0. The van der Waals surface area contributed by atoms with Crippen molar-refractivity contribution in [3.05, 3.63) is 27.7 Å². The molecular formula is C12H23CoNO6-4. The fraction of sp³-hybridized carbons (Fsp3) is 0.333. The van der Waals surface area contributed by atoms with Crippen LogP contribution in [0, 0.1) is 27.7 Å². The SMILES string of the molecule is NC(=O)C(=O)C(=O)C(=O)O.[CH2-]C.[CH2-]C.[CH2-]C.[CH2-]C.[O]=[Co]. The number of hydrogen-bond donors (Lipinski definition) is 2. The van der Waals surface area contributed by atoms with Gasteiger partial charge in [-0.25, -0.2) is 4.79 Å². The molecule has 0 unspecified atom stereocenters. The predicted octanol–water partition coefficient (Wildman–Crippen LogP) is 0.935. The number of rotatable bonds is 3. The number of carboxylic acids is 1. The molecule has 0 aromatic heterocycles. The molecule has 0 aliphatic heterocycles. The Hall–Kier alpha value is -1.41. The van der Waals surface area contributed by atoms with Crippen molar-refractivity contribution in [2.45, 2.75) is 27.7 Å². The number of hydrogen-bond acceptors (Lipinski definition) is 5. The van der Waals surface area contributed by atoms with Gasteiger partial charge in [0.2, 0.25) is 0 Å². The van der Waals surface area contributed by atoms with Crippen LogP contribution in [0.5, 0.6) is 0 Å². The van der Waals surface area contributed by atoms with Crippen molar-refractivity contribution in [1.29, 1.82) is 0 Å². The van der Waals surface area contributed by atoms with E-state index in [0.717, 1.165) is 0 Å². The van der Waals surface area contributed by atoms with Gasteiger partial charge in [-0.2, -0.15) is 27.7 Å². The van der Waals surface area contributed by atoms with E-state index >= 15 is 0 Å². The van der Waals surface area contributed by atoms with E-state index in [1.807, 2.05) is 0 Å². The zero-order chi connectivity index (χ0) is 18.3. The minimum atomic E-state index is -1.98. The van der Waals surface area contributed by atoms with Crippen LogP contribution in [0.15, 0.2) is 0 Å². The van der Waals surface area contributed by atoms with Crippen molar-refractivity contribution in [3.63, 3.8) is 0 Å². The number of ketones is 2. The molecule has 8 heteroatoms. The summed E-state index contributed by atoms with van der Waals surface area (Å²) < 4.78 is 7.94. The molecule has 0 spiro atoms. The third kappa shape index (κ3) is 36.0. The van der Waals surface area contributed by atoms with Crippen LogP contribution < -0.4 is 5.73 Å². The van der Waals surface area contributed by atoms with Crippen LogP contribution in [0.1, 0.15) is 27.7 Å². The monoisotopic (exact) mass is 336 g/mol. The normalized spacial score (nSPS) is 5.65. The van der Waals surface area contributed by atoms with Crippen LogP contribution in [-0.4, -0.2) is 28.5 Å². The average Bonchev–Trinajstić information content (AvgIpc) is 2.55. The van der Waals surface area contributed by atoms with E-state index in [0.29, 0.717) is 0 Å². The first-order valence-electron chi connectivity index (χ1n) is 5.04. The molecule has 0 atom stereocenters. The van der Waals surface area contributed by atoms with Crippen LogP contribution in [-0.2, 0) is 38.7 Å². The van der Waals surface area contributed by atoms with E-state index in [1.54, 1.807) is 27.7 Å². The molecule has 0 radical (unpaired) electrons. The molecule has 7 nitrogen and oxygen atoms in total. The fourth-order valence-corrected chi connectivity index (χ4v) is 0.209. The van der Waals surface area contributed by atoms with E-state index in [-0.39, 0.29) is 0 Å². The number of amides is 1. The molecule has 1 amide bonds. The summed E-state index contributed by atoms with van der Waals surface area (Å²) in [5, 5.41) is 7.82. The number of carboxylic acid groups (broad SMARTS) is 1. The Morgan fingerprint density at radius 1 is 0.750 bits per heavy atom. The number of nitrogens with two attached hydrogens (primary N) is 1. The van der Waals surface area contributed by atoms with Gasteiger partial charge in [0.15, 0.2) is 0 Å². The van der Waals surface area contributed by atoms with Crippen molar-refractivity contribution in [2.75, 3.05) is 0 Å². The fourth-order valence-electron chi connectivity index (χ4n) is 0.209. The van der Waals surface area contributed by atoms with Gasteiger partial charge < -0.3 is 38.5 Å². The zero-order valence-electron chi connectivity index (χ0n) is 12.2. The Balaban J connectivity index is -0.0000000412. The Morgan fingerprint density at radius 3 is 1.00 bits per heavy atom. The van der Waals surface area contributed by atoms with Crippen LogP contribution in [0.4, 0.5) is 0 Å². The van der Waals surface area contributed by atoms with Gasteiger partial charge in [0.1, 0.15) is 0 Å². The number of Topliss-reactive ketones (excluding diaryl/α,β-unsaturated/α-hetero) is 2. The molecule has 0 saturated heterocycles. The molecular weight excluding hydrogens is 313 g/mol. The summed E-state index contributed by atoms with van der Waals surface area (Å²) in [7, 11) is 0. The van der Waals surface area contributed by atoms with E-state index < -0.39 is 23.4 Å². The summed E-state index contributed by atoms with van der Waals surface area (Å²) in [5.74, 6) is -7.07. The molecule has 0 fully saturated rings. The molecule has 0 aromatic rings. The van der Waals surface area contributed by atoms with Crippen LogP contribution in [0.25, 0.3) is 0 Å². The van der Waals surface area contributed by atoms with Gasteiger partial charge in [-0.05, 0) is 0 Å². The zero-order valence-corrected chi connectivity index (χ0v) is 13.3. The number of carbonyl (C=O) groups excluding carboxylic acids is 3. The average molecular weight is 336 g/mol. The Bertz CT molecular complexity index is 220. The van der Waals surface area contributed by atoms with Crippen molar-refractivity contribution >= 4 is 23.4 Å². The number of primary amides is 1. The quantitative estimate of drug-likeness (QED) is 0.448. The molecule has 20 heavy (non-hydrogen) atoms. The van der Waals surface area contributed by atoms with Gasteiger partial charge in [0, 0.05) is 0 Å². The first kappa shape index (κ1) is 36.3. The third-order valence-corrected chi connectivity index (χ3v) is 0.624. The van der Waals surface area contributed by atoms with Crippen LogP contribution in [0.3, 0.4) is 0 Å². The van der Waals surface area contributed by atoms with Gasteiger partial charge >= 0.3 is 31.3 Å². The summed E-state index contributed by atoms with van der Waals surface area (Å²) in [6.07, 6.45) is 0. The van der Waals surface area contributed by atoms with Crippen molar-refractivity contribution in [3.8, 4) is 0 Å². The first-order chi connectivity index (χ1) is 9.46. The van der Waals surface area contributed by atoms with E-state index in [2.05, 4.69) is 49.1 Å². The van der Waals surface area contributed by atoms with E-state index in [1.165, 1.54) is 0 Å². The maximum absolute atomic E-state index is 10.1. The number of aliphatic carboxylic acids is 1. The summed E-state index contributed by atoms with van der Waals surface area (Å²) in [6, 6.07) is 0. The van der Waals surface area contributed by atoms with Gasteiger partial charge in [-0.3, -0.25) is 14.4 Å². The molecule has 0 aliphatic rings. The van der Waals surface area contributed by atoms with E-state index in [9.17, 15) is 19.2 Å². The van der Waals surface area contributed by atoms with Crippen molar-refractivity contribution < 1.29 is 43.8 Å². The maximum atomic E-state index is 10.1. The second kappa shape index (κ2) is 43.2. The molecule has 0 aliphatic carbocycles. The summed E-state index contributed by atoms with van der Waals surface area (Å²) in [4.78, 5) is 39.6. The molecule has 0 aromatic carbocycles. The molecule has 0 heterocycles. The molecule has 0 rings (SSSR count). The van der Waals surface area contributed by atoms with E-state index in [4.69, 9.17) is 8.97 Å². The summed E-state index contributed by atoms with van der Waals surface area (Å²) in [5.41, 5.74) is 4.30. The topological polar surface area (TPSA) is 132 Å². The Morgan fingerprint density at radius 2 is 0.950 bits per heavy atom. The minimum absolute atomic E-state index is 1.56. The standard InChI is InChI=1S/C4H3NO5.4C2H5.Co.O/c5-3(8)1(6)2(7)4(9)10;4*1-2;;/h(H2,5,8)(H,9,10);4*1H2,2H3;;/q;4*-1;;. The second-order valence-corrected chi connectivity index (χ2v) is 1.33. The van der Waals surface area contributed by atoms with Gasteiger partial charge in [-0.1, -0.05) is 0 Å². The van der Waals surface area contributed by atoms with Crippen molar-refractivity contribution in [2.24, 2.45) is 5.73 Å². The third-order valence-electron chi connectivity index (χ3n) is 0.624. The van der Waals surface area contributed by atoms with Gasteiger partial charge in [0.05, 0.1) is 0 Å². The molecule has 125 valence electrons. The van der Waals surface area contributed by atoms with Crippen molar-refractivity contribution in [1.82, 2.24) is 0 Å². The second-order valence-electron chi connectivity index (χ2n) is 1.33. The van der Waals surface area contributed by atoms with Gasteiger partial charge in [0.25, 0.3) is 11.7 Å². The van der Waals surface area contributed by atoms with Gasteiger partial charge in [-0.15, -0.1) is 0 Å². The predicted molar refractivity (Wildman–Crippen MR) is 71.7 cm³/mol. The van der Waals surface area contributed by atoms with Crippen LogP contribution in [0.2, 0.25) is 0 Å². The molecule has 0 saturated carbocycles. The first-order valence-corrected chi connectivity index (χ1v) is 5.47. The number of carbonyl (C=O) groups is 4.